The van der Waals surface area contributed by atoms with Crippen LogP contribution in [0.25, 0.3) is 0 Å². The van der Waals surface area contributed by atoms with Crippen LogP contribution in [-0.4, -0.2) is 16.8 Å². The van der Waals surface area contributed by atoms with Crippen molar-refractivity contribution in [3.8, 4) is 0 Å². The summed E-state index contributed by atoms with van der Waals surface area (Å²) in [7, 11) is 1.000. The molecule has 0 unspecified atom stereocenters. The van der Waals surface area contributed by atoms with Crippen LogP contribution in [0.1, 0.15) is 16.7 Å². The summed E-state index contributed by atoms with van der Waals surface area (Å²) < 4.78 is 153. The molecule has 0 saturated carbocycles. The average Bonchev–Trinajstić information content (AvgIpc) is 2.58. The van der Waals surface area contributed by atoms with E-state index in [0.717, 1.165) is 12.1 Å². The van der Waals surface area contributed by atoms with Crippen molar-refractivity contribution >= 4 is 39.5 Å². The van der Waals surface area contributed by atoms with Gasteiger partial charge in [-0.25, -0.2) is 16.8 Å². The lowest BCUT2D eigenvalue weighted by Gasteiger charge is -2.12. The Morgan fingerprint density at radius 2 is 0.812 bits per heavy atom. The summed E-state index contributed by atoms with van der Waals surface area (Å²) in [4.78, 5) is -1.61. The van der Waals surface area contributed by atoms with Crippen LogP contribution < -0.4 is 0 Å². The Balaban J connectivity index is 0.000000330. The van der Waals surface area contributed by atoms with E-state index in [1.54, 1.807) is 0 Å². The second-order valence-electron chi connectivity index (χ2n) is 5.64. The highest BCUT2D eigenvalue weighted by molar-refractivity contribution is 8.14. The number of alkyl halides is 9. The van der Waals surface area contributed by atoms with Gasteiger partial charge in [0.15, 0.2) is 0 Å². The molecule has 0 aromatic heterocycles. The standard InChI is InChI=1S/C8H3ClF6O2S.C7H4ClF3O2S/c9-18(16,17)6-2-4(7(10,11)12)1-5(3-6)8(13,14)15;8-14(12,13)6-3-1-5(2-4-6)7(9,10)11/h1-3H;1-4H. The van der Waals surface area contributed by atoms with Gasteiger partial charge in [-0.1, -0.05) is 0 Å². The van der Waals surface area contributed by atoms with Gasteiger partial charge in [0.1, 0.15) is 0 Å². The van der Waals surface area contributed by atoms with Crippen molar-refractivity contribution in [3.05, 3.63) is 59.2 Å². The first kappa shape index (κ1) is 28.3. The Morgan fingerprint density at radius 1 is 0.500 bits per heavy atom. The highest BCUT2D eigenvalue weighted by atomic mass is 35.7. The zero-order valence-electron chi connectivity index (χ0n) is 14.6. The van der Waals surface area contributed by atoms with Gasteiger partial charge in [0.05, 0.1) is 26.5 Å². The highest BCUT2D eigenvalue weighted by Crippen LogP contribution is 2.37. The fraction of sp³-hybridized carbons (Fsp3) is 0.200. The van der Waals surface area contributed by atoms with Crippen LogP contribution >= 0.6 is 21.4 Å². The van der Waals surface area contributed by atoms with E-state index >= 15 is 0 Å². The second kappa shape index (κ2) is 9.27. The smallest absolute Gasteiger partial charge is 0.207 e. The molecule has 4 nitrogen and oxygen atoms in total. The predicted octanol–water partition coefficient (Wildman–Crippen LogP) is 6.28. The average molecular weight is 557 g/mol. The molecule has 0 amide bonds. The highest BCUT2D eigenvalue weighted by Gasteiger charge is 2.38. The van der Waals surface area contributed by atoms with Crippen molar-refractivity contribution in [1.82, 2.24) is 0 Å². The minimum absolute atomic E-state index is 0.0393. The van der Waals surface area contributed by atoms with Gasteiger partial charge in [0.25, 0.3) is 18.1 Å². The van der Waals surface area contributed by atoms with E-state index in [-0.39, 0.29) is 23.1 Å². The molecule has 2 aromatic carbocycles. The Morgan fingerprint density at radius 3 is 1.06 bits per heavy atom. The van der Waals surface area contributed by atoms with Crippen molar-refractivity contribution in [2.75, 3.05) is 0 Å². The molecule has 0 fully saturated rings. The molecular formula is C15H7Cl2F9O4S2. The zero-order valence-corrected chi connectivity index (χ0v) is 17.8. The van der Waals surface area contributed by atoms with E-state index in [1.807, 2.05) is 0 Å². The van der Waals surface area contributed by atoms with Crippen molar-refractivity contribution in [2.45, 2.75) is 28.3 Å². The van der Waals surface area contributed by atoms with E-state index < -0.39 is 58.2 Å². The lowest BCUT2D eigenvalue weighted by molar-refractivity contribution is -0.143. The molecule has 2 aromatic rings. The van der Waals surface area contributed by atoms with E-state index in [4.69, 9.17) is 21.4 Å². The maximum Gasteiger partial charge on any atom is 0.416 e. The second-order valence-corrected chi connectivity index (χ2v) is 10.8. The number of rotatable bonds is 2. The largest absolute Gasteiger partial charge is 0.416 e. The van der Waals surface area contributed by atoms with Crippen LogP contribution in [0, 0.1) is 0 Å². The molecule has 0 bridgehead atoms. The van der Waals surface area contributed by atoms with Gasteiger partial charge in [-0.05, 0) is 42.5 Å². The van der Waals surface area contributed by atoms with Crippen LogP contribution in [0.15, 0.2) is 52.3 Å². The van der Waals surface area contributed by atoms with E-state index in [0.29, 0.717) is 12.1 Å². The lowest BCUT2D eigenvalue weighted by Crippen LogP contribution is -2.12. The lowest BCUT2D eigenvalue weighted by atomic mass is 10.1. The molecular weight excluding hydrogens is 550 g/mol. The normalized spacial score (nSPS) is 13.3. The predicted molar refractivity (Wildman–Crippen MR) is 94.0 cm³/mol. The molecule has 0 N–H and O–H groups in total. The summed E-state index contributed by atoms with van der Waals surface area (Å²) in [5, 5.41) is 0. The Hall–Kier alpha value is -1.71. The molecule has 0 aliphatic rings. The maximum atomic E-state index is 12.3. The molecule has 0 atom stereocenters. The molecule has 0 heterocycles. The third-order valence-electron chi connectivity index (χ3n) is 3.31. The first-order valence-electron chi connectivity index (χ1n) is 7.39. The Kier molecular flexibility index (Phi) is 8.20. The van der Waals surface area contributed by atoms with E-state index in [9.17, 15) is 56.3 Å². The minimum atomic E-state index is -5.11. The summed E-state index contributed by atoms with van der Waals surface area (Å²) in [5.74, 6) is 0. The topological polar surface area (TPSA) is 68.3 Å². The number of hydrogen-bond donors (Lipinski definition) is 0. The molecule has 2 rings (SSSR count). The monoisotopic (exact) mass is 556 g/mol. The van der Waals surface area contributed by atoms with Crippen molar-refractivity contribution in [3.63, 3.8) is 0 Å². The Labute approximate surface area is 183 Å². The Bertz CT molecular complexity index is 1140. The number of hydrogen-bond acceptors (Lipinski definition) is 4. The van der Waals surface area contributed by atoms with Gasteiger partial charge in [0, 0.05) is 21.4 Å². The fourth-order valence-corrected chi connectivity index (χ4v) is 3.45. The quantitative estimate of drug-likeness (QED) is 0.322. The first-order valence-corrected chi connectivity index (χ1v) is 12.0. The SMILES string of the molecule is O=S(=O)(Cl)c1cc(C(F)(F)F)cc(C(F)(F)F)c1.O=S(=O)(Cl)c1ccc(C(F)(F)F)cc1. The van der Waals surface area contributed by atoms with Crippen LogP contribution in [-0.2, 0) is 36.6 Å². The van der Waals surface area contributed by atoms with E-state index in [2.05, 4.69) is 0 Å². The minimum Gasteiger partial charge on any atom is -0.207 e. The summed E-state index contributed by atoms with van der Waals surface area (Å²) in [6.45, 7) is 0. The number of benzene rings is 2. The molecule has 32 heavy (non-hydrogen) atoms. The van der Waals surface area contributed by atoms with Crippen LogP contribution in [0.4, 0.5) is 39.5 Å². The van der Waals surface area contributed by atoms with Gasteiger partial charge in [-0.3, -0.25) is 0 Å². The molecule has 180 valence electrons. The van der Waals surface area contributed by atoms with Crippen molar-refractivity contribution in [2.24, 2.45) is 0 Å². The van der Waals surface area contributed by atoms with Gasteiger partial charge in [-0.2, -0.15) is 39.5 Å². The van der Waals surface area contributed by atoms with Gasteiger partial charge < -0.3 is 0 Å². The van der Waals surface area contributed by atoms with Gasteiger partial charge in [-0.15, -0.1) is 0 Å². The molecule has 0 radical (unpaired) electrons. The molecule has 0 spiro atoms. The summed E-state index contributed by atoms with van der Waals surface area (Å²) >= 11 is 0. The van der Waals surface area contributed by atoms with Gasteiger partial charge >= 0.3 is 18.5 Å². The van der Waals surface area contributed by atoms with Crippen LogP contribution in [0.5, 0.6) is 0 Å². The zero-order chi connectivity index (χ0) is 25.3. The molecule has 17 heteroatoms. The van der Waals surface area contributed by atoms with E-state index in [1.165, 1.54) is 0 Å². The maximum absolute atomic E-state index is 12.3. The summed E-state index contributed by atoms with van der Waals surface area (Å²) in [6.07, 6.45) is -14.7. The van der Waals surface area contributed by atoms with Crippen molar-refractivity contribution < 1.29 is 56.3 Å². The first-order chi connectivity index (χ1) is 14.0. The summed E-state index contributed by atoms with van der Waals surface area (Å²) in [5.41, 5.74) is -4.39. The third kappa shape index (κ3) is 8.33. The van der Waals surface area contributed by atoms with Gasteiger partial charge in [0.2, 0.25) is 0 Å². The fourth-order valence-electron chi connectivity index (χ4n) is 1.87. The molecule has 0 saturated heterocycles. The summed E-state index contributed by atoms with van der Waals surface area (Å²) in [6, 6.07) is 2.83. The van der Waals surface area contributed by atoms with Crippen LogP contribution in [0.3, 0.4) is 0 Å². The number of halogens is 11. The molecule has 0 aliphatic heterocycles. The van der Waals surface area contributed by atoms with Crippen molar-refractivity contribution in [1.29, 1.82) is 0 Å². The van der Waals surface area contributed by atoms with Crippen LogP contribution in [0.2, 0.25) is 0 Å². The molecule has 0 aliphatic carbocycles. The third-order valence-corrected chi connectivity index (χ3v) is 6.01.